The van der Waals surface area contributed by atoms with Crippen LogP contribution in [0.2, 0.25) is 0 Å². The van der Waals surface area contributed by atoms with E-state index in [1.807, 2.05) is 0 Å². The van der Waals surface area contributed by atoms with Crippen molar-refractivity contribution in [2.45, 2.75) is 77.6 Å². The van der Waals surface area contributed by atoms with Gasteiger partial charge in [0, 0.05) is 6.42 Å². The summed E-state index contributed by atoms with van der Waals surface area (Å²) in [5.41, 5.74) is 0. The Kier molecular flexibility index (Phi) is 16.1. The monoisotopic (exact) mass is 231 g/mol. The lowest BCUT2D eigenvalue weighted by Crippen LogP contribution is -1.93. The smallest absolute Gasteiger partial charge is 0.303 e. The van der Waals surface area contributed by atoms with Gasteiger partial charge in [-0.15, -0.1) is 0 Å². The fourth-order valence-electron chi connectivity index (χ4n) is 1.76. The average molecular weight is 231 g/mol. The zero-order valence-corrected chi connectivity index (χ0v) is 10.8. The zero-order chi connectivity index (χ0) is 11.4. The zero-order valence-electron chi connectivity index (χ0n) is 10.8. The number of hydrogen-bond acceptors (Lipinski definition) is 2. The summed E-state index contributed by atoms with van der Waals surface area (Å²) in [6.07, 6.45) is 12.9. The highest BCUT2D eigenvalue weighted by Crippen LogP contribution is 2.10. The number of rotatable bonds is 11. The molecule has 0 saturated carbocycles. The van der Waals surface area contributed by atoms with E-state index in [9.17, 15) is 4.79 Å². The van der Waals surface area contributed by atoms with Crippen molar-refractivity contribution in [3.8, 4) is 0 Å². The number of aliphatic carboxylic acids is 1. The van der Waals surface area contributed by atoms with Crippen molar-refractivity contribution in [3.63, 3.8) is 0 Å². The van der Waals surface area contributed by atoms with Crippen molar-refractivity contribution in [3.05, 3.63) is 0 Å². The summed E-state index contributed by atoms with van der Waals surface area (Å²) in [7, 11) is 0. The first-order valence-corrected chi connectivity index (χ1v) is 6.49. The second-order valence-corrected chi connectivity index (χ2v) is 4.33. The molecule has 0 bridgehead atoms. The normalized spacial score (nSPS) is 9.81. The molecule has 0 unspecified atom stereocenters. The van der Waals surface area contributed by atoms with Gasteiger partial charge in [-0.2, -0.15) is 0 Å². The molecule has 0 radical (unpaired) electrons. The van der Waals surface area contributed by atoms with E-state index in [1.165, 1.54) is 51.4 Å². The maximum Gasteiger partial charge on any atom is 0.303 e. The largest absolute Gasteiger partial charge is 0.481 e. The van der Waals surface area contributed by atoms with Crippen molar-refractivity contribution in [2.24, 2.45) is 0 Å². The van der Waals surface area contributed by atoms with Crippen LogP contribution in [0.1, 0.15) is 77.6 Å². The molecule has 0 amide bonds. The number of carbonyl (C=O) groups is 1. The summed E-state index contributed by atoms with van der Waals surface area (Å²) < 4.78 is 0. The Balaban J connectivity index is 0. The molecule has 0 saturated heterocycles. The Morgan fingerprint density at radius 3 is 1.56 bits per heavy atom. The van der Waals surface area contributed by atoms with Gasteiger partial charge < -0.3 is 11.3 Å². The third-order valence-corrected chi connectivity index (χ3v) is 2.74. The van der Waals surface area contributed by atoms with Crippen LogP contribution in [0.15, 0.2) is 0 Å². The van der Waals surface area contributed by atoms with Gasteiger partial charge in [0.05, 0.1) is 0 Å². The van der Waals surface area contributed by atoms with E-state index in [1.54, 1.807) is 0 Å². The van der Waals surface area contributed by atoms with Gasteiger partial charge in [0.25, 0.3) is 0 Å². The van der Waals surface area contributed by atoms with E-state index in [0.717, 1.165) is 12.8 Å². The van der Waals surface area contributed by atoms with Gasteiger partial charge in [0.2, 0.25) is 0 Å². The molecule has 4 N–H and O–H groups in total. The third-order valence-electron chi connectivity index (χ3n) is 2.74. The standard InChI is InChI=1S/C13H26O2.H3N/c1-2-3-4-5-6-7-8-9-10-11-12-13(14)15;/h2-12H2,1H3,(H,14,15);1H3. The van der Waals surface area contributed by atoms with Gasteiger partial charge in [-0.3, -0.25) is 4.79 Å². The molecular formula is C13H29NO2. The lowest BCUT2D eigenvalue weighted by Gasteiger charge is -2.01. The first-order valence-electron chi connectivity index (χ1n) is 6.49. The minimum Gasteiger partial charge on any atom is -0.481 e. The molecule has 0 rings (SSSR count). The molecule has 0 aromatic rings. The lowest BCUT2D eigenvalue weighted by molar-refractivity contribution is -0.137. The molecule has 3 nitrogen and oxygen atoms in total. The van der Waals surface area contributed by atoms with E-state index in [0.29, 0.717) is 6.42 Å². The first kappa shape index (κ1) is 17.8. The van der Waals surface area contributed by atoms with E-state index in [-0.39, 0.29) is 6.15 Å². The molecule has 0 atom stereocenters. The Labute approximate surface area is 100 Å². The minimum absolute atomic E-state index is 0. The highest BCUT2D eigenvalue weighted by Gasteiger charge is 1.96. The molecule has 0 fully saturated rings. The molecule has 0 aliphatic rings. The second-order valence-electron chi connectivity index (χ2n) is 4.33. The highest BCUT2D eigenvalue weighted by atomic mass is 16.4. The van der Waals surface area contributed by atoms with Gasteiger partial charge >= 0.3 is 5.97 Å². The fourth-order valence-corrected chi connectivity index (χ4v) is 1.76. The van der Waals surface area contributed by atoms with E-state index >= 15 is 0 Å². The number of unbranched alkanes of at least 4 members (excludes halogenated alkanes) is 9. The summed E-state index contributed by atoms with van der Waals surface area (Å²) in [4.78, 5) is 10.2. The molecule has 0 aliphatic heterocycles. The predicted octanol–water partition coefficient (Wildman–Crippen LogP) is 4.54. The van der Waals surface area contributed by atoms with Gasteiger partial charge in [-0.1, -0.05) is 64.7 Å². The summed E-state index contributed by atoms with van der Waals surface area (Å²) in [5, 5.41) is 8.44. The molecule has 3 heteroatoms. The van der Waals surface area contributed by atoms with Crippen molar-refractivity contribution < 1.29 is 9.90 Å². The van der Waals surface area contributed by atoms with Gasteiger partial charge in [0.1, 0.15) is 0 Å². The molecule has 98 valence electrons. The van der Waals surface area contributed by atoms with Crippen LogP contribution in [0.3, 0.4) is 0 Å². The van der Waals surface area contributed by atoms with Gasteiger partial charge in [-0.25, -0.2) is 0 Å². The number of carboxylic acids is 1. The molecule has 16 heavy (non-hydrogen) atoms. The lowest BCUT2D eigenvalue weighted by atomic mass is 10.1. The Morgan fingerprint density at radius 1 is 0.812 bits per heavy atom. The van der Waals surface area contributed by atoms with Crippen LogP contribution < -0.4 is 6.15 Å². The van der Waals surface area contributed by atoms with Crippen LogP contribution >= 0.6 is 0 Å². The van der Waals surface area contributed by atoms with Crippen LogP contribution in [0, 0.1) is 0 Å². The molecule has 0 heterocycles. The van der Waals surface area contributed by atoms with Crippen molar-refractivity contribution in [2.75, 3.05) is 0 Å². The molecule has 0 aromatic carbocycles. The molecule has 0 aromatic heterocycles. The van der Waals surface area contributed by atoms with Crippen molar-refractivity contribution in [1.82, 2.24) is 6.15 Å². The van der Waals surface area contributed by atoms with Crippen LogP contribution in [-0.4, -0.2) is 11.1 Å². The molecule has 0 aliphatic carbocycles. The summed E-state index contributed by atoms with van der Waals surface area (Å²) in [6, 6.07) is 0. The maximum atomic E-state index is 10.2. The minimum atomic E-state index is -0.658. The van der Waals surface area contributed by atoms with E-state index in [2.05, 4.69) is 6.92 Å². The van der Waals surface area contributed by atoms with Crippen molar-refractivity contribution >= 4 is 5.97 Å². The van der Waals surface area contributed by atoms with Crippen molar-refractivity contribution in [1.29, 1.82) is 0 Å². The SMILES string of the molecule is CCCCCCCCCCCCC(=O)O.N. The number of hydrogen-bond donors (Lipinski definition) is 2. The first-order chi connectivity index (χ1) is 7.27. The maximum absolute atomic E-state index is 10.2. The van der Waals surface area contributed by atoms with Crippen LogP contribution in [-0.2, 0) is 4.79 Å². The van der Waals surface area contributed by atoms with Crippen LogP contribution in [0.5, 0.6) is 0 Å². The van der Waals surface area contributed by atoms with Crippen LogP contribution in [0.4, 0.5) is 0 Å². The summed E-state index contributed by atoms with van der Waals surface area (Å²) in [6.45, 7) is 2.24. The average Bonchev–Trinajstić information content (AvgIpc) is 2.20. The Morgan fingerprint density at radius 2 is 1.19 bits per heavy atom. The molecule has 0 spiro atoms. The highest BCUT2D eigenvalue weighted by molar-refractivity contribution is 5.66. The van der Waals surface area contributed by atoms with E-state index < -0.39 is 5.97 Å². The second kappa shape index (κ2) is 14.4. The predicted molar refractivity (Wildman–Crippen MR) is 69.1 cm³/mol. The van der Waals surface area contributed by atoms with E-state index in [4.69, 9.17) is 5.11 Å². The van der Waals surface area contributed by atoms with Gasteiger partial charge in [-0.05, 0) is 6.42 Å². The fraction of sp³-hybridized carbons (Fsp3) is 0.923. The Hall–Kier alpha value is -0.570. The Bertz CT molecular complexity index is 149. The summed E-state index contributed by atoms with van der Waals surface area (Å²) >= 11 is 0. The van der Waals surface area contributed by atoms with Gasteiger partial charge in [0.15, 0.2) is 0 Å². The molecular weight excluding hydrogens is 202 g/mol. The summed E-state index contributed by atoms with van der Waals surface area (Å²) in [5.74, 6) is -0.658. The topological polar surface area (TPSA) is 72.3 Å². The van der Waals surface area contributed by atoms with Crippen LogP contribution in [0.25, 0.3) is 0 Å². The third kappa shape index (κ3) is 15.9. The number of carboxylic acid groups (broad SMARTS) is 1. The quantitative estimate of drug-likeness (QED) is 0.512.